The third-order valence-electron chi connectivity index (χ3n) is 1.50. The fraction of sp³-hybridized carbons (Fsp3) is 0.500. The number of carboxylic acids is 1. The summed E-state index contributed by atoms with van der Waals surface area (Å²) in [4.78, 5) is 35.4. The van der Waals surface area contributed by atoms with E-state index in [2.05, 4.69) is 9.57 Å². The van der Waals surface area contributed by atoms with Gasteiger partial charge in [-0.25, -0.2) is 0 Å². The highest BCUT2D eigenvalue weighted by Crippen LogP contribution is 2.13. The van der Waals surface area contributed by atoms with E-state index in [0.29, 0.717) is 0 Å². The number of hydrogen-bond donors (Lipinski definition) is 1. The van der Waals surface area contributed by atoms with E-state index in [4.69, 9.17) is 5.11 Å². The summed E-state index contributed by atoms with van der Waals surface area (Å²) in [7, 11) is 0. The van der Waals surface area contributed by atoms with Crippen molar-refractivity contribution in [2.75, 3.05) is 6.73 Å². The van der Waals surface area contributed by atoms with Gasteiger partial charge in [-0.2, -0.15) is 0 Å². The Kier molecular flexibility index (Phi) is 2.80. The van der Waals surface area contributed by atoms with Gasteiger partial charge < -0.3 is 14.7 Å². The van der Waals surface area contributed by atoms with E-state index >= 15 is 0 Å². The second-order valence-corrected chi connectivity index (χ2v) is 2.32. The predicted molar refractivity (Wildman–Crippen MR) is 36.0 cm³/mol. The molecule has 0 aromatic rings. The molecule has 7 nitrogen and oxygen atoms in total. The summed E-state index contributed by atoms with van der Waals surface area (Å²) < 4.78 is 4.47. The van der Waals surface area contributed by atoms with Crippen molar-refractivity contribution in [3.05, 3.63) is 0 Å². The SMILES string of the molecule is O=CON1COC(=O)[C@H]1CC(=O)O. The van der Waals surface area contributed by atoms with Gasteiger partial charge in [0.15, 0.2) is 12.8 Å². The van der Waals surface area contributed by atoms with Crippen molar-refractivity contribution < 1.29 is 29.1 Å². The van der Waals surface area contributed by atoms with Gasteiger partial charge in [-0.05, 0) is 0 Å². The average Bonchev–Trinajstić information content (AvgIpc) is 2.36. The van der Waals surface area contributed by atoms with Gasteiger partial charge in [-0.1, -0.05) is 5.06 Å². The molecule has 1 heterocycles. The standard InChI is InChI=1S/C6H7NO6/c8-3-13-7-2-12-6(11)4(7)1-5(9)10/h3-4H,1-2H2,(H,9,10)/t4-/m1/s1. The average molecular weight is 189 g/mol. The number of nitrogens with zero attached hydrogens (tertiary/aromatic N) is 1. The molecule has 0 spiro atoms. The highest BCUT2D eigenvalue weighted by molar-refractivity contribution is 5.83. The molecule has 0 aromatic carbocycles. The fourth-order valence-electron chi connectivity index (χ4n) is 0.941. The summed E-state index contributed by atoms with van der Waals surface area (Å²) in [5, 5.41) is 9.28. The first-order chi connectivity index (χ1) is 6.15. The van der Waals surface area contributed by atoms with Crippen LogP contribution in [0.25, 0.3) is 0 Å². The highest BCUT2D eigenvalue weighted by atomic mass is 16.7. The van der Waals surface area contributed by atoms with Crippen LogP contribution in [0, 0.1) is 0 Å². The molecule has 7 heteroatoms. The third kappa shape index (κ3) is 2.15. The van der Waals surface area contributed by atoms with E-state index in [1.165, 1.54) is 0 Å². The van der Waals surface area contributed by atoms with Crippen molar-refractivity contribution >= 4 is 18.4 Å². The Hall–Kier alpha value is -1.63. The number of carbonyl (C=O) groups excluding carboxylic acids is 2. The molecule has 0 radical (unpaired) electrons. The molecule has 1 saturated heterocycles. The Balaban J connectivity index is 2.59. The molecule has 0 saturated carbocycles. The van der Waals surface area contributed by atoms with Gasteiger partial charge in [-0.3, -0.25) is 14.4 Å². The predicted octanol–water partition coefficient (Wildman–Crippen LogP) is -1.27. The maximum atomic E-state index is 10.9. The number of esters is 1. The van der Waals surface area contributed by atoms with Crippen molar-refractivity contribution in [2.24, 2.45) is 0 Å². The molecule has 1 fully saturated rings. The molecule has 1 rings (SSSR count). The van der Waals surface area contributed by atoms with Crippen LogP contribution < -0.4 is 0 Å². The van der Waals surface area contributed by atoms with Crippen molar-refractivity contribution in [3.63, 3.8) is 0 Å². The van der Waals surface area contributed by atoms with E-state index in [1.807, 2.05) is 0 Å². The summed E-state index contributed by atoms with van der Waals surface area (Å²) >= 11 is 0. The minimum atomic E-state index is -1.16. The minimum Gasteiger partial charge on any atom is -0.481 e. The topological polar surface area (TPSA) is 93.1 Å². The normalized spacial score (nSPS) is 22.5. The molecular weight excluding hydrogens is 182 g/mol. The van der Waals surface area contributed by atoms with Gasteiger partial charge in [0.05, 0.1) is 6.42 Å². The lowest BCUT2D eigenvalue weighted by molar-refractivity contribution is -0.186. The Morgan fingerprint density at radius 1 is 1.85 bits per heavy atom. The molecule has 0 amide bonds. The van der Waals surface area contributed by atoms with Crippen LogP contribution in [0.5, 0.6) is 0 Å². The third-order valence-corrected chi connectivity index (χ3v) is 1.50. The number of aliphatic carboxylic acids is 1. The van der Waals surface area contributed by atoms with Crippen LogP contribution in [0.1, 0.15) is 6.42 Å². The van der Waals surface area contributed by atoms with Crippen molar-refractivity contribution in [3.8, 4) is 0 Å². The largest absolute Gasteiger partial charge is 0.481 e. The van der Waals surface area contributed by atoms with Gasteiger partial charge in [0.2, 0.25) is 0 Å². The summed E-state index contributed by atoms with van der Waals surface area (Å²) in [6, 6.07) is -1.04. The van der Waals surface area contributed by atoms with Crippen LogP contribution >= 0.6 is 0 Å². The highest BCUT2D eigenvalue weighted by Gasteiger charge is 2.38. The van der Waals surface area contributed by atoms with Crippen LogP contribution in [0.15, 0.2) is 0 Å². The van der Waals surface area contributed by atoms with E-state index in [0.717, 1.165) is 5.06 Å². The van der Waals surface area contributed by atoms with Gasteiger partial charge in [0, 0.05) is 0 Å². The molecule has 0 bridgehead atoms. The number of carboxylic acid groups (broad SMARTS) is 1. The second kappa shape index (κ2) is 3.85. The van der Waals surface area contributed by atoms with Crippen LogP contribution in [-0.4, -0.2) is 41.4 Å². The van der Waals surface area contributed by atoms with Gasteiger partial charge in [0.1, 0.15) is 0 Å². The minimum absolute atomic E-state index is 0.108. The Morgan fingerprint density at radius 3 is 3.08 bits per heavy atom. The monoisotopic (exact) mass is 189 g/mol. The first-order valence-corrected chi connectivity index (χ1v) is 3.40. The molecule has 13 heavy (non-hydrogen) atoms. The van der Waals surface area contributed by atoms with Crippen molar-refractivity contribution in [1.82, 2.24) is 5.06 Å². The zero-order chi connectivity index (χ0) is 9.84. The summed E-state index contributed by atoms with van der Waals surface area (Å²) in [6.45, 7) is -0.119. The Bertz CT molecular complexity index is 239. The van der Waals surface area contributed by atoms with Gasteiger partial charge in [0.25, 0.3) is 0 Å². The van der Waals surface area contributed by atoms with Crippen LogP contribution in [0.3, 0.4) is 0 Å². The van der Waals surface area contributed by atoms with Crippen molar-refractivity contribution in [1.29, 1.82) is 0 Å². The molecule has 0 unspecified atom stereocenters. The number of cyclic esters (lactones) is 1. The maximum Gasteiger partial charge on any atom is 0.329 e. The molecule has 0 aliphatic carbocycles. The first-order valence-electron chi connectivity index (χ1n) is 3.40. The number of hydroxylamine groups is 2. The number of carbonyl (C=O) groups is 3. The quantitative estimate of drug-likeness (QED) is 0.435. The lowest BCUT2D eigenvalue weighted by Crippen LogP contribution is -2.34. The van der Waals surface area contributed by atoms with E-state index in [-0.39, 0.29) is 13.2 Å². The first kappa shape index (κ1) is 9.46. The molecule has 0 aromatic heterocycles. The molecule has 1 atom stereocenters. The Morgan fingerprint density at radius 2 is 2.54 bits per heavy atom. The second-order valence-electron chi connectivity index (χ2n) is 2.32. The molecule has 1 N–H and O–H groups in total. The van der Waals surface area contributed by atoms with E-state index < -0.39 is 24.4 Å². The summed E-state index contributed by atoms with van der Waals surface area (Å²) in [5.41, 5.74) is 0. The van der Waals surface area contributed by atoms with Crippen LogP contribution in [0.4, 0.5) is 0 Å². The fourth-order valence-corrected chi connectivity index (χ4v) is 0.941. The number of rotatable bonds is 4. The Labute approximate surface area is 72.8 Å². The molecule has 1 aliphatic rings. The lowest BCUT2D eigenvalue weighted by Gasteiger charge is -2.13. The van der Waals surface area contributed by atoms with Gasteiger partial charge in [-0.15, -0.1) is 0 Å². The smallest absolute Gasteiger partial charge is 0.329 e. The summed E-state index contributed by atoms with van der Waals surface area (Å²) in [5.74, 6) is -1.87. The van der Waals surface area contributed by atoms with Crippen LogP contribution in [0.2, 0.25) is 0 Å². The number of hydrogen-bond acceptors (Lipinski definition) is 6. The van der Waals surface area contributed by atoms with Crippen molar-refractivity contribution in [2.45, 2.75) is 12.5 Å². The summed E-state index contributed by atoms with van der Waals surface area (Å²) in [6.07, 6.45) is -0.452. The molecular formula is C6H7NO6. The maximum absolute atomic E-state index is 10.9. The van der Waals surface area contributed by atoms with E-state index in [1.54, 1.807) is 0 Å². The van der Waals surface area contributed by atoms with E-state index in [9.17, 15) is 14.4 Å². The van der Waals surface area contributed by atoms with Gasteiger partial charge >= 0.3 is 18.4 Å². The zero-order valence-corrected chi connectivity index (χ0v) is 6.50. The molecule has 72 valence electrons. The number of ether oxygens (including phenoxy) is 1. The van der Waals surface area contributed by atoms with Crippen LogP contribution in [-0.2, 0) is 24.0 Å². The lowest BCUT2D eigenvalue weighted by atomic mass is 10.2. The molecule has 1 aliphatic heterocycles. The zero-order valence-electron chi connectivity index (χ0n) is 6.50.